The van der Waals surface area contributed by atoms with Crippen molar-refractivity contribution in [1.29, 1.82) is 0 Å². The fraction of sp³-hybridized carbons (Fsp3) is 0. The highest BCUT2D eigenvalue weighted by molar-refractivity contribution is 7.18. The third kappa shape index (κ3) is 1.60. The van der Waals surface area contributed by atoms with Crippen LogP contribution in [-0.2, 0) is 0 Å². The number of nitrogens with zero attached hydrogens (tertiary/aromatic N) is 2. The largest absolute Gasteiger partial charge is 0.360 e. The van der Waals surface area contributed by atoms with Gasteiger partial charge in [0.25, 0.3) is 5.56 Å². The summed E-state index contributed by atoms with van der Waals surface area (Å²) < 4.78 is 2.04. The average Bonchev–Trinajstić information content (AvgIpc) is 3.03. The van der Waals surface area contributed by atoms with Gasteiger partial charge in [0, 0.05) is 17.1 Å². The fourth-order valence-electron chi connectivity index (χ4n) is 2.28. The maximum absolute atomic E-state index is 12.4. The zero-order valence-electron chi connectivity index (χ0n) is 10.1. The number of aromatic nitrogens is 3. The molecular weight excluding hydrogens is 294 g/mol. The van der Waals surface area contributed by atoms with E-state index in [2.05, 4.69) is 10.1 Å². The van der Waals surface area contributed by atoms with Crippen LogP contribution in [0.5, 0.6) is 0 Å². The minimum absolute atomic E-state index is 0.138. The molecule has 0 spiro atoms. The highest BCUT2D eigenvalue weighted by atomic mass is 35.5. The first-order valence-electron chi connectivity index (χ1n) is 5.99. The Morgan fingerprint density at radius 2 is 2.05 bits per heavy atom. The maximum atomic E-state index is 12.4. The molecule has 2 aliphatic rings. The number of aromatic amines is 1. The number of hydrogen-bond acceptors (Lipinski definition) is 3. The predicted molar refractivity (Wildman–Crippen MR) is 81.2 cm³/mol. The standard InChI is InChI=1S/C14H8ClN3OS/c15-11-5-6-12(20-11)18-14(19)9-7-16-10-4-2-1-3-8(10)13(9)17-18/h1-7,16H. The molecule has 20 heavy (non-hydrogen) atoms. The molecular formula is C14H8ClN3OS. The quantitative estimate of drug-likeness (QED) is 0.584. The molecule has 4 rings (SSSR count). The van der Waals surface area contributed by atoms with Gasteiger partial charge in [-0.2, -0.15) is 9.78 Å². The molecule has 4 nitrogen and oxygen atoms in total. The average molecular weight is 302 g/mol. The van der Waals surface area contributed by atoms with Crippen LogP contribution in [-0.4, -0.2) is 14.8 Å². The Morgan fingerprint density at radius 1 is 1.20 bits per heavy atom. The van der Waals surface area contributed by atoms with E-state index in [1.807, 2.05) is 24.3 Å². The summed E-state index contributed by atoms with van der Waals surface area (Å²) in [5.74, 6) is 0. The van der Waals surface area contributed by atoms with E-state index in [4.69, 9.17) is 11.6 Å². The molecule has 0 unspecified atom stereocenters. The summed E-state index contributed by atoms with van der Waals surface area (Å²) in [6.07, 6.45) is 1.71. The molecule has 2 aliphatic heterocycles. The van der Waals surface area contributed by atoms with Gasteiger partial charge in [-0.15, -0.1) is 11.3 Å². The summed E-state index contributed by atoms with van der Waals surface area (Å²) in [6, 6.07) is 11.3. The van der Waals surface area contributed by atoms with Crippen molar-refractivity contribution in [3.8, 4) is 16.3 Å². The minimum Gasteiger partial charge on any atom is -0.360 e. The number of H-pyrrole nitrogens is 1. The van der Waals surface area contributed by atoms with Crippen LogP contribution in [0.25, 0.3) is 27.2 Å². The van der Waals surface area contributed by atoms with Gasteiger partial charge in [-0.1, -0.05) is 29.8 Å². The molecule has 98 valence electrons. The third-order valence-electron chi connectivity index (χ3n) is 3.20. The number of halogens is 1. The van der Waals surface area contributed by atoms with E-state index in [0.29, 0.717) is 15.6 Å². The van der Waals surface area contributed by atoms with Crippen LogP contribution in [0.1, 0.15) is 0 Å². The highest BCUT2D eigenvalue weighted by Gasteiger charge is 2.19. The van der Waals surface area contributed by atoms with Gasteiger partial charge in [0.05, 0.1) is 9.90 Å². The van der Waals surface area contributed by atoms with Crippen molar-refractivity contribution in [2.24, 2.45) is 0 Å². The van der Waals surface area contributed by atoms with Crippen molar-refractivity contribution in [3.05, 3.63) is 57.3 Å². The van der Waals surface area contributed by atoms with Crippen molar-refractivity contribution in [3.63, 3.8) is 0 Å². The second-order valence-electron chi connectivity index (χ2n) is 4.39. The van der Waals surface area contributed by atoms with Crippen molar-refractivity contribution < 1.29 is 0 Å². The van der Waals surface area contributed by atoms with Crippen molar-refractivity contribution >= 4 is 33.8 Å². The van der Waals surface area contributed by atoms with Gasteiger partial charge in [-0.05, 0) is 18.2 Å². The van der Waals surface area contributed by atoms with Crippen LogP contribution in [0, 0.1) is 0 Å². The number of hydrogen-bond donors (Lipinski definition) is 1. The number of thiophene rings is 1. The van der Waals surface area contributed by atoms with Crippen LogP contribution >= 0.6 is 22.9 Å². The van der Waals surface area contributed by atoms with Gasteiger partial charge in [0.1, 0.15) is 10.7 Å². The van der Waals surface area contributed by atoms with Crippen LogP contribution in [0.4, 0.5) is 0 Å². The molecule has 1 aromatic carbocycles. The lowest BCUT2D eigenvalue weighted by Gasteiger charge is -2.01. The number of pyridine rings is 1. The molecule has 1 aromatic heterocycles. The first kappa shape index (κ1) is 11.7. The summed E-state index contributed by atoms with van der Waals surface area (Å²) in [4.78, 5) is 15.6. The Morgan fingerprint density at radius 3 is 2.85 bits per heavy atom. The van der Waals surface area contributed by atoms with Gasteiger partial charge in [0.15, 0.2) is 0 Å². The second-order valence-corrected chi connectivity index (χ2v) is 6.08. The Balaban J connectivity index is 2.09. The van der Waals surface area contributed by atoms with Gasteiger partial charge in [0.2, 0.25) is 0 Å². The van der Waals surface area contributed by atoms with Crippen molar-refractivity contribution in [2.45, 2.75) is 0 Å². The Hall–Kier alpha value is -2.11. The number of fused-ring (bicyclic) bond motifs is 3. The molecule has 1 N–H and O–H groups in total. The van der Waals surface area contributed by atoms with Gasteiger partial charge in [-0.25, -0.2) is 0 Å². The van der Waals surface area contributed by atoms with Crippen LogP contribution < -0.4 is 5.56 Å². The smallest absolute Gasteiger partial charge is 0.283 e. The second kappa shape index (κ2) is 4.19. The molecule has 0 fully saturated rings. The highest BCUT2D eigenvalue weighted by Crippen LogP contribution is 2.28. The van der Waals surface area contributed by atoms with E-state index in [-0.39, 0.29) is 5.56 Å². The summed E-state index contributed by atoms with van der Waals surface area (Å²) in [5, 5.41) is 6.12. The van der Waals surface area contributed by atoms with Crippen LogP contribution in [0.3, 0.4) is 0 Å². The number of benzene rings is 1. The Labute approximate surface area is 122 Å². The van der Waals surface area contributed by atoms with Crippen molar-refractivity contribution in [2.75, 3.05) is 0 Å². The third-order valence-corrected chi connectivity index (χ3v) is 4.41. The summed E-state index contributed by atoms with van der Waals surface area (Å²) in [6.45, 7) is 0. The molecule has 0 bridgehead atoms. The van der Waals surface area contributed by atoms with E-state index in [1.165, 1.54) is 16.0 Å². The fourth-order valence-corrected chi connectivity index (χ4v) is 3.26. The van der Waals surface area contributed by atoms with E-state index < -0.39 is 0 Å². The molecule has 0 aliphatic carbocycles. The SMILES string of the molecule is O=c1c2c[nH]c3ccccc3c-2nn1-c1ccc(Cl)s1. The predicted octanol–water partition coefficient (Wildman–Crippen LogP) is 3.53. The molecule has 0 radical (unpaired) electrons. The monoisotopic (exact) mass is 301 g/mol. The number of para-hydroxylation sites is 1. The molecule has 0 atom stereocenters. The summed E-state index contributed by atoms with van der Waals surface area (Å²) in [7, 11) is 0. The zero-order valence-corrected chi connectivity index (χ0v) is 11.7. The lowest BCUT2D eigenvalue weighted by Crippen LogP contribution is -2.13. The van der Waals surface area contributed by atoms with E-state index in [9.17, 15) is 4.79 Å². The summed E-state index contributed by atoms with van der Waals surface area (Å²) in [5.41, 5.74) is 2.09. The summed E-state index contributed by atoms with van der Waals surface area (Å²) >= 11 is 7.26. The first-order valence-corrected chi connectivity index (χ1v) is 7.18. The lowest BCUT2D eigenvalue weighted by atomic mass is 10.1. The molecule has 0 amide bonds. The van der Waals surface area contributed by atoms with E-state index in [0.717, 1.165) is 15.9 Å². The molecule has 2 aromatic rings. The normalized spacial score (nSPS) is 11.4. The maximum Gasteiger partial charge on any atom is 0.283 e. The van der Waals surface area contributed by atoms with Crippen molar-refractivity contribution in [1.82, 2.24) is 14.8 Å². The minimum atomic E-state index is -0.138. The molecule has 3 heterocycles. The van der Waals surface area contributed by atoms with Crippen LogP contribution in [0.2, 0.25) is 4.34 Å². The number of nitrogens with one attached hydrogen (secondary N) is 1. The topological polar surface area (TPSA) is 50.7 Å². The van der Waals surface area contributed by atoms with Gasteiger partial charge >= 0.3 is 0 Å². The van der Waals surface area contributed by atoms with Gasteiger partial charge < -0.3 is 4.98 Å². The van der Waals surface area contributed by atoms with E-state index in [1.54, 1.807) is 18.3 Å². The molecule has 0 saturated heterocycles. The zero-order chi connectivity index (χ0) is 13.7. The van der Waals surface area contributed by atoms with Gasteiger partial charge in [-0.3, -0.25) is 4.79 Å². The first-order chi connectivity index (χ1) is 9.74. The lowest BCUT2D eigenvalue weighted by molar-refractivity contribution is 0.875. The Bertz CT molecular complexity index is 952. The number of rotatable bonds is 1. The van der Waals surface area contributed by atoms with E-state index >= 15 is 0 Å². The van der Waals surface area contributed by atoms with Crippen LogP contribution in [0.15, 0.2) is 47.4 Å². The molecule has 6 heteroatoms. The Kier molecular flexibility index (Phi) is 2.45. The molecule has 0 saturated carbocycles.